The third kappa shape index (κ3) is 6.74. The molecule has 136 valence electrons. The average molecular weight is 432 g/mol. The highest BCUT2D eigenvalue weighted by atomic mass is 79.9. The molecule has 0 aliphatic heterocycles. The SMILES string of the molecule is COCCNCC(=O)NC(c1ccccc1)c1ccc(Br)cc1F.Cl. The molecule has 0 heterocycles. The number of methoxy groups -OCH3 is 1. The highest BCUT2D eigenvalue weighted by molar-refractivity contribution is 9.10. The number of carbonyl (C=O) groups excluding carboxylic acids is 1. The summed E-state index contributed by atoms with van der Waals surface area (Å²) in [5.41, 5.74) is 1.25. The maximum Gasteiger partial charge on any atom is 0.234 e. The molecule has 2 rings (SSSR count). The number of hydrogen-bond acceptors (Lipinski definition) is 3. The Morgan fingerprint density at radius 3 is 2.60 bits per heavy atom. The third-order valence-electron chi connectivity index (χ3n) is 3.48. The molecule has 2 N–H and O–H groups in total. The predicted molar refractivity (Wildman–Crippen MR) is 103 cm³/mol. The summed E-state index contributed by atoms with van der Waals surface area (Å²) >= 11 is 3.25. The number of halogens is 3. The van der Waals surface area contributed by atoms with Crippen LogP contribution >= 0.6 is 28.3 Å². The minimum Gasteiger partial charge on any atom is -0.383 e. The molecule has 25 heavy (non-hydrogen) atoms. The Hall–Kier alpha value is -1.47. The van der Waals surface area contributed by atoms with Crippen LogP contribution in [0, 0.1) is 5.82 Å². The molecule has 1 amide bonds. The van der Waals surface area contributed by atoms with E-state index in [1.54, 1.807) is 19.2 Å². The average Bonchev–Trinajstić information content (AvgIpc) is 2.58. The summed E-state index contributed by atoms with van der Waals surface area (Å²) in [5.74, 6) is -0.576. The van der Waals surface area contributed by atoms with Crippen LogP contribution in [-0.4, -0.2) is 32.7 Å². The maximum absolute atomic E-state index is 14.4. The Kier molecular flexibility index (Phi) is 9.67. The molecule has 0 fully saturated rings. The first-order chi connectivity index (χ1) is 11.6. The molecule has 2 aromatic carbocycles. The molecule has 0 radical (unpaired) electrons. The minimum atomic E-state index is -0.545. The lowest BCUT2D eigenvalue weighted by atomic mass is 9.98. The molecule has 4 nitrogen and oxygen atoms in total. The predicted octanol–water partition coefficient (Wildman–Crippen LogP) is 3.45. The van der Waals surface area contributed by atoms with Gasteiger partial charge in [0.25, 0.3) is 0 Å². The Bertz CT molecular complexity index is 673. The molecule has 0 aromatic heterocycles. The molecule has 0 aliphatic carbocycles. The van der Waals surface area contributed by atoms with Crippen LogP contribution in [0.5, 0.6) is 0 Å². The molecule has 0 spiro atoms. The van der Waals surface area contributed by atoms with Crippen LogP contribution in [0.25, 0.3) is 0 Å². The van der Waals surface area contributed by atoms with Crippen molar-refractivity contribution in [3.8, 4) is 0 Å². The zero-order valence-corrected chi connectivity index (χ0v) is 16.2. The number of rotatable bonds is 8. The summed E-state index contributed by atoms with van der Waals surface area (Å²) in [5, 5.41) is 5.87. The standard InChI is InChI=1S/C18H20BrFN2O2.ClH/c1-24-10-9-21-12-17(23)22-18(13-5-3-2-4-6-13)15-8-7-14(19)11-16(15)20;/h2-8,11,18,21H,9-10,12H2,1H3,(H,22,23);1H. The van der Waals surface area contributed by atoms with Crippen molar-refractivity contribution in [2.75, 3.05) is 26.8 Å². The summed E-state index contributed by atoms with van der Waals surface area (Å²) in [6.07, 6.45) is 0. The fourth-order valence-electron chi connectivity index (χ4n) is 2.31. The molecular formula is C18H21BrClFN2O2. The molecule has 0 aliphatic rings. The van der Waals surface area contributed by atoms with E-state index in [-0.39, 0.29) is 30.7 Å². The van der Waals surface area contributed by atoms with E-state index in [1.165, 1.54) is 6.07 Å². The van der Waals surface area contributed by atoms with Crippen LogP contribution < -0.4 is 10.6 Å². The van der Waals surface area contributed by atoms with Crippen molar-refractivity contribution < 1.29 is 13.9 Å². The number of amides is 1. The van der Waals surface area contributed by atoms with Crippen LogP contribution in [0.3, 0.4) is 0 Å². The Balaban J connectivity index is 0.00000312. The second-order valence-corrected chi connectivity index (χ2v) is 6.16. The van der Waals surface area contributed by atoms with Gasteiger partial charge in [0.2, 0.25) is 5.91 Å². The van der Waals surface area contributed by atoms with Gasteiger partial charge in [0.1, 0.15) is 5.82 Å². The number of benzene rings is 2. The van der Waals surface area contributed by atoms with E-state index in [2.05, 4.69) is 26.6 Å². The van der Waals surface area contributed by atoms with Crippen molar-refractivity contribution in [3.05, 3.63) is 69.9 Å². The van der Waals surface area contributed by atoms with Crippen LogP contribution in [0.2, 0.25) is 0 Å². The van der Waals surface area contributed by atoms with E-state index in [0.29, 0.717) is 23.2 Å². The second-order valence-electron chi connectivity index (χ2n) is 5.25. The molecule has 1 atom stereocenters. The molecule has 7 heteroatoms. The van der Waals surface area contributed by atoms with E-state index >= 15 is 0 Å². The van der Waals surface area contributed by atoms with Crippen molar-refractivity contribution >= 4 is 34.2 Å². The van der Waals surface area contributed by atoms with Gasteiger partial charge in [-0.1, -0.05) is 52.3 Å². The molecule has 1 unspecified atom stereocenters. The first-order valence-corrected chi connectivity index (χ1v) is 8.40. The summed E-state index contributed by atoms with van der Waals surface area (Å²) in [7, 11) is 1.60. The van der Waals surface area contributed by atoms with E-state index in [1.807, 2.05) is 30.3 Å². The normalized spacial score (nSPS) is 11.5. The van der Waals surface area contributed by atoms with E-state index in [4.69, 9.17) is 4.74 Å². The van der Waals surface area contributed by atoms with Gasteiger partial charge in [-0.25, -0.2) is 4.39 Å². The minimum absolute atomic E-state index is 0. The van der Waals surface area contributed by atoms with Gasteiger partial charge in [0.15, 0.2) is 0 Å². The number of carbonyl (C=O) groups is 1. The summed E-state index contributed by atoms with van der Waals surface area (Å²) in [4.78, 5) is 12.2. The summed E-state index contributed by atoms with van der Waals surface area (Å²) in [6, 6.07) is 13.6. The van der Waals surface area contributed by atoms with Gasteiger partial charge < -0.3 is 15.4 Å². The lowest BCUT2D eigenvalue weighted by Crippen LogP contribution is -2.38. The summed E-state index contributed by atoms with van der Waals surface area (Å²) < 4.78 is 20.0. The van der Waals surface area contributed by atoms with E-state index in [0.717, 1.165) is 5.56 Å². The van der Waals surface area contributed by atoms with Crippen molar-refractivity contribution in [2.45, 2.75) is 6.04 Å². The highest BCUT2D eigenvalue weighted by Gasteiger charge is 2.20. The quantitative estimate of drug-likeness (QED) is 0.630. The van der Waals surface area contributed by atoms with Crippen molar-refractivity contribution in [2.24, 2.45) is 0 Å². The molecule has 2 aromatic rings. The van der Waals surface area contributed by atoms with Crippen molar-refractivity contribution in [1.29, 1.82) is 0 Å². The Morgan fingerprint density at radius 1 is 1.24 bits per heavy atom. The first-order valence-electron chi connectivity index (χ1n) is 7.60. The first kappa shape index (κ1) is 21.6. The van der Waals surface area contributed by atoms with Gasteiger partial charge in [-0.15, -0.1) is 12.4 Å². The van der Waals surface area contributed by atoms with E-state index < -0.39 is 6.04 Å². The lowest BCUT2D eigenvalue weighted by Gasteiger charge is -2.21. The number of nitrogens with one attached hydrogen (secondary N) is 2. The fourth-order valence-corrected chi connectivity index (χ4v) is 2.64. The van der Waals surface area contributed by atoms with Gasteiger partial charge in [0.05, 0.1) is 19.2 Å². The van der Waals surface area contributed by atoms with Crippen molar-refractivity contribution in [3.63, 3.8) is 0 Å². The van der Waals surface area contributed by atoms with Crippen LogP contribution in [0.4, 0.5) is 4.39 Å². The zero-order chi connectivity index (χ0) is 17.4. The van der Waals surface area contributed by atoms with Crippen molar-refractivity contribution in [1.82, 2.24) is 10.6 Å². The van der Waals surface area contributed by atoms with E-state index in [9.17, 15) is 9.18 Å². The van der Waals surface area contributed by atoms with Gasteiger partial charge >= 0.3 is 0 Å². The maximum atomic E-state index is 14.4. The van der Waals surface area contributed by atoms with Gasteiger partial charge in [-0.3, -0.25) is 4.79 Å². The Morgan fingerprint density at radius 2 is 1.96 bits per heavy atom. The third-order valence-corrected chi connectivity index (χ3v) is 3.97. The molecular weight excluding hydrogens is 411 g/mol. The Labute approximate surface area is 161 Å². The van der Waals surface area contributed by atoms with Crippen LogP contribution in [0.1, 0.15) is 17.2 Å². The summed E-state index contributed by atoms with van der Waals surface area (Å²) in [6.45, 7) is 1.24. The van der Waals surface area contributed by atoms with Gasteiger partial charge in [-0.05, 0) is 17.7 Å². The lowest BCUT2D eigenvalue weighted by molar-refractivity contribution is -0.120. The largest absolute Gasteiger partial charge is 0.383 e. The second kappa shape index (κ2) is 11.2. The van der Waals surface area contributed by atoms with Gasteiger partial charge in [0, 0.05) is 23.7 Å². The smallest absolute Gasteiger partial charge is 0.234 e. The number of ether oxygens (including phenoxy) is 1. The number of hydrogen-bond donors (Lipinski definition) is 2. The highest BCUT2D eigenvalue weighted by Crippen LogP contribution is 2.26. The molecule has 0 saturated carbocycles. The monoisotopic (exact) mass is 430 g/mol. The molecule has 0 saturated heterocycles. The van der Waals surface area contributed by atoms with Crippen LogP contribution in [0.15, 0.2) is 53.0 Å². The topological polar surface area (TPSA) is 50.4 Å². The zero-order valence-electron chi connectivity index (χ0n) is 13.8. The fraction of sp³-hybridized carbons (Fsp3) is 0.278. The van der Waals surface area contributed by atoms with Crippen LogP contribution in [-0.2, 0) is 9.53 Å². The molecule has 0 bridgehead atoms. The van der Waals surface area contributed by atoms with Gasteiger partial charge in [-0.2, -0.15) is 0 Å².